The molecule has 7 nitrogen and oxygen atoms in total. The molecule has 0 heterocycles. The molecule has 0 saturated heterocycles. The van der Waals surface area contributed by atoms with E-state index in [1.54, 1.807) is 21.3 Å². The summed E-state index contributed by atoms with van der Waals surface area (Å²) in [7, 11) is 2.22. The fourth-order valence-corrected chi connectivity index (χ4v) is 2.68. The third kappa shape index (κ3) is 8.19. The molecule has 0 aromatic heterocycles. The quantitative estimate of drug-likeness (QED) is 0.306. The molecular weight excluding hydrogens is 232 g/mol. The molecule has 0 aliphatic heterocycles. The number of aliphatic imine (C=N–C) groups is 1. The molecule has 0 saturated carbocycles. The Morgan fingerprint density at radius 3 is 1.94 bits per heavy atom. The fraction of sp³-hybridized carbons (Fsp3) is 0.750. The normalized spacial score (nSPS) is 9.44. The van der Waals surface area contributed by atoms with Crippen LogP contribution >= 0.6 is 0 Å². The second kappa shape index (κ2) is 11.9. The lowest BCUT2D eigenvalue weighted by molar-refractivity contribution is 0.123. The van der Waals surface area contributed by atoms with Gasteiger partial charge in [0.05, 0.1) is 6.54 Å². The standard InChI is InChI=1S/C7H15NO4Si.CHNO/c1-10-13(11-2,12-3)6-4-5-8-7-9;2-1-3/h4-6H2,1-3H3;2H. The summed E-state index contributed by atoms with van der Waals surface area (Å²) < 4.78 is 15.5. The van der Waals surface area contributed by atoms with Crippen LogP contribution in [0.5, 0.6) is 0 Å². The van der Waals surface area contributed by atoms with Crippen molar-refractivity contribution < 1.29 is 22.9 Å². The van der Waals surface area contributed by atoms with Crippen LogP contribution in [0.1, 0.15) is 6.42 Å². The van der Waals surface area contributed by atoms with Crippen molar-refractivity contribution in [1.82, 2.24) is 0 Å². The van der Waals surface area contributed by atoms with Gasteiger partial charge in [-0.3, -0.25) is 0 Å². The predicted octanol–water partition coefficient (Wildman–Crippen LogP) is 0.491. The zero-order chi connectivity index (χ0) is 12.9. The number of nitrogens with one attached hydrogen (secondary N) is 1. The summed E-state index contributed by atoms with van der Waals surface area (Å²) in [6.45, 7) is 0.439. The molecular formula is C8H16N2O5Si. The number of nitrogens with zero attached hydrogens (tertiary/aromatic N) is 1. The van der Waals surface area contributed by atoms with Gasteiger partial charge in [-0.25, -0.2) is 20.0 Å². The number of hydrogen-bond acceptors (Lipinski definition) is 7. The molecule has 0 spiro atoms. The van der Waals surface area contributed by atoms with E-state index in [1.807, 2.05) is 0 Å². The molecule has 0 atom stereocenters. The number of carbonyl (C=O) groups excluding carboxylic acids is 2. The van der Waals surface area contributed by atoms with Crippen molar-refractivity contribution in [1.29, 1.82) is 5.41 Å². The Kier molecular flexibility index (Phi) is 12.9. The van der Waals surface area contributed by atoms with Crippen molar-refractivity contribution in [2.75, 3.05) is 27.9 Å². The van der Waals surface area contributed by atoms with Crippen molar-refractivity contribution >= 4 is 21.0 Å². The van der Waals surface area contributed by atoms with Crippen LogP contribution < -0.4 is 0 Å². The summed E-state index contributed by atoms with van der Waals surface area (Å²) in [5, 5.41) is 5.40. The van der Waals surface area contributed by atoms with Crippen molar-refractivity contribution in [3.8, 4) is 0 Å². The summed E-state index contributed by atoms with van der Waals surface area (Å²) in [4.78, 5) is 21.5. The predicted molar refractivity (Wildman–Crippen MR) is 57.6 cm³/mol. The molecule has 0 aliphatic rings. The monoisotopic (exact) mass is 248 g/mol. The maximum Gasteiger partial charge on any atom is 0.500 e. The van der Waals surface area contributed by atoms with E-state index in [0.717, 1.165) is 6.08 Å². The third-order valence-corrected chi connectivity index (χ3v) is 4.58. The Morgan fingerprint density at radius 1 is 1.19 bits per heavy atom. The maximum absolute atomic E-state index is 9.76. The van der Waals surface area contributed by atoms with Crippen LogP contribution in [0.2, 0.25) is 6.04 Å². The number of hydrogen-bond donors (Lipinski definition) is 1. The zero-order valence-electron chi connectivity index (χ0n) is 9.61. The van der Waals surface area contributed by atoms with E-state index in [9.17, 15) is 4.79 Å². The zero-order valence-corrected chi connectivity index (χ0v) is 10.6. The highest BCUT2D eigenvalue weighted by Gasteiger charge is 2.36. The Bertz CT molecular complexity index is 237. The molecule has 0 fully saturated rings. The minimum atomic E-state index is -2.46. The average molecular weight is 248 g/mol. The average Bonchev–Trinajstić information content (AvgIpc) is 2.32. The van der Waals surface area contributed by atoms with Gasteiger partial charge in [0.15, 0.2) is 0 Å². The van der Waals surface area contributed by atoms with Crippen LogP contribution in [-0.4, -0.2) is 48.8 Å². The van der Waals surface area contributed by atoms with Crippen LogP contribution in [0, 0.1) is 5.41 Å². The van der Waals surface area contributed by atoms with Gasteiger partial charge in [0.2, 0.25) is 12.2 Å². The first-order chi connectivity index (χ1) is 7.66. The molecule has 16 heavy (non-hydrogen) atoms. The Hall–Kier alpha value is -1.14. The molecule has 1 N–H and O–H groups in total. The van der Waals surface area contributed by atoms with Crippen LogP contribution in [0.4, 0.5) is 0 Å². The highest BCUT2D eigenvalue weighted by atomic mass is 28.4. The first-order valence-electron chi connectivity index (χ1n) is 4.39. The van der Waals surface area contributed by atoms with E-state index < -0.39 is 8.80 Å². The molecule has 0 aromatic carbocycles. The Morgan fingerprint density at radius 2 is 1.62 bits per heavy atom. The SMILES string of the molecule is CO[Si](CCCN=C=O)(OC)OC.N=C=O. The van der Waals surface area contributed by atoms with Crippen molar-refractivity contribution in [3.63, 3.8) is 0 Å². The van der Waals surface area contributed by atoms with Gasteiger partial charge in [-0.05, 0) is 6.42 Å². The van der Waals surface area contributed by atoms with E-state index in [2.05, 4.69) is 4.99 Å². The van der Waals surface area contributed by atoms with E-state index in [4.69, 9.17) is 23.5 Å². The minimum absolute atomic E-state index is 0.439. The molecule has 0 rings (SSSR count). The largest absolute Gasteiger partial charge is 0.500 e. The van der Waals surface area contributed by atoms with Gasteiger partial charge >= 0.3 is 8.80 Å². The molecule has 0 unspecified atom stereocenters. The van der Waals surface area contributed by atoms with Gasteiger partial charge in [-0.15, -0.1) is 0 Å². The van der Waals surface area contributed by atoms with Gasteiger partial charge in [0.1, 0.15) is 0 Å². The number of rotatable bonds is 7. The molecule has 0 amide bonds. The topological polar surface area (TPSA) is 98.0 Å². The summed E-state index contributed by atoms with van der Waals surface area (Å²) in [5.74, 6) is 0. The smallest absolute Gasteiger partial charge is 0.377 e. The maximum atomic E-state index is 9.76. The van der Waals surface area contributed by atoms with E-state index >= 15 is 0 Å². The van der Waals surface area contributed by atoms with E-state index in [-0.39, 0.29) is 0 Å². The summed E-state index contributed by atoms with van der Waals surface area (Å²) in [6.07, 6.45) is 2.93. The highest BCUT2D eigenvalue weighted by Crippen LogP contribution is 2.14. The first-order valence-corrected chi connectivity index (χ1v) is 6.32. The van der Waals surface area contributed by atoms with Crippen LogP contribution in [-0.2, 0) is 22.9 Å². The second-order valence-corrected chi connectivity index (χ2v) is 5.56. The third-order valence-electron chi connectivity index (χ3n) is 1.75. The number of isocyanates is 2. The fourth-order valence-electron chi connectivity index (χ4n) is 0.976. The molecule has 0 aliphatic carbocycles. The molecule has 8 heteroatoms. The molecule has 0 bridgehead atoms. The highest BCUT2D eigenvalue weighted by molar-refractivity contribution is 6.60. The minimum Gasteiger partial charge on any atom is -0.377 e. The van der Waals surface area contributed by atoms with Crippen LogP contribution in [0.15, 0.2) is 4.99 Å². The van der Waals surface area contributed by atoms with Crippen molar-refractivity contribution in [2.24, 2.45) is 4.99 Å². The second-order valence-electron chi connectivity index (χ2n) is 2.47. The van der Waals surface area contributed by atoms with Crippen LogP contribution in [0.3, 0.4) is 0 Å². The van der Waals surface area contributed by atoms with Gasteiger partial charge in [-0.2, -0.15) is 0 Å². The van der Waals surface area contributed by atoms with Gasteiger partial charge < -0.3 is 13.3 Å². The van der Waals surface area contributed by atoms with Gasteiger partial charge in [0.25, 0.3) is 0 Å². The van der Waals surface area contributed by atoms with Gasteiger partial charge in [0, 0.05) is 27.4 Å². The summed E-state index contributed by atoms with van der Waals surface area (Å²) in [6, 6.07) is 0.654. The molecule has 0 aromatic rings. The van der Waals surface area contributed by atoms with E-state index in [1.165, 1.54) is 6.08 Å². The lowest BCUT2D eigenvalue weighted by Gasteiger charge is -2.23. The van der Waals surface area contributed by atoms with Crippen molar-refractivity contribution in [2.45, 2.75) is 12.5 Å². The van der Waals surface area contributed by atoms with Gasteiger partial charge in [-0.1, -0.05) is 0 Å². The molecule has 92 valence electrons. The Labute approximate surface area is 95.3 Å². The lowest BCUT2D eigenvalue weighted by Crippen LogP contribution is -2.42. The lowest BCUT2D eigenvalue weighted by atomic mass is 10.5. The molecule has 0 radical (unpaired) electrons. The van der Waals surface area contributed by atoms with Crippen LogP contribution in [0.25, 0.3) is 0 Å². The summed E-state index contributed by atoms with van der Waals surface area (Å²) >= 11 is 0. The summed E-state index contributed by atoms with van der Waals surface area (Å²) in [5.41, 5.74) is 0. The Balaban J connectivity index is 0. The first kappa shape index (κ1) is 17.3. The van der Waals surface area contributed by atoms with E-state index in [0.29, 0.717) is 19.0 Å². The van der Waals surface area contributed by atoms with Crippen molar-refractivity contribution in [3.05, 3.63) is 0 Å².